The van der Waals surface area contributed by atoms with Crippen molar-refractivity contribution in [1.29, 1.82) is 0 Å². The lowest BCUT2D eigenvalue weighted by Crippen LogP contribution is -2.06. The second-order valence-corrected chi connectivity index (χ2v) is 4.04. The number of nitrogens with two attached hydrogens (primary N) is 1. The predicted octanol–water partition coefficient (Wildman–Crippen LogP) is 1.85. The van der Waals surface area contributed by atoms with Gasteiger partial charge in [-0.15, -0.1) is 0 Å². The molecule has 0 atom stereocenters. The summed E-state index contributed by atoms with van der Waals surface area (Å²) in [5.74, 6) is 1.33. The van der Waals surface area contributed by atoms with E-state index in [0.29, 0.717) is 36.9 Å². The van der Waals surface area contributed by atoms with Crippen molar-refractivity contribution in [2.45, 2.75) is 26.4 Å². The van der Waals surface area contributed by atoms with E-state index in [4.69, 9.17) is 15.0 Å². The van der Waals surface area contributed by atoms with Gasteiger partial charge in [-0.2, -0.15) is 4.98 Å². The van der Waals surface area contributed by atoms with E-state index in [9.17, 15) is 4.39 Å². The molecule has 19 heavy (non-hydrogen) atoms. The first kappa shape index (κ1) is 13.5. The predicted molar refractivity (Wildman–Crippen MR) is 67.2 cm³/mol. The molecule has 1 heterocycles. The van der Waals surface area contributed by atoms with Gasteiger partial charge in [0, 0.05) is 6.42 Å². The monoisotopic (exact) mass is 265 g/mol. The third kappa shape index (κ3) is 3.51. The number of ether oxygens (including phenoxy) is 1. The van der Waals surface area contributed by atoms with Gasteiger partial charge in [-0.25, -0.2) is 4.39 Å². The standard InChI is InChI=1S/C13H16FN3O2/c1-2-13-16-12(17-19-13)8-18-11-4-3-10(14)7-9(11)5-6-15/h3-4,7H,2,5-6,8,15H2,1H3. The minimum absolute atomic E-state index is 0.187. The average molecular weight is 265 g/mol. The van der Waals surface area contributed by atoms with Crippen LogP contribution in [0.4, 0.5) is 4.39 Å². The first-order valence-corrected chi connectivity index (χ1v) is 6.15. The van der Waals surface area contributed by atoms with Crippen LogP contribution in [0.2, 0.25) is 0 Å². The molecule has 0 radical (unpaired) electrons. The van der Waals surface area contributed by atoms with Gasteiger partial charge in [0.1, 0.15) is 11.6 Å². The van der Waals surface area contributed by atoms with E-state index in [-0.39, 0.29) is 12.4 Å². The Kier molecular flexibility index (Phi) is 4.46. The Morgan fingerprint density at radius 3 is 2.95 bits per heavy atom. The van der Waals surface area contributed by atoms with Crippen molar-refractivity contribution in [3.63, 3.8) is 0 Å². The Bertz CT molecular complexity index is 542. The fourth-order valence-electron chi connectivity index (χ4n) is 1.67. The van der Waals surface area contributed by atoms with Crippen molar-refractivity contribution in [2.24, 2.45) is 5.73 Å². The average Bonchev–Trinajstić information content (AvgIpc) is 2.86. The Morgan fingerprint density at radius 2 is 2.26 bits per heavy atom. The molecule has 1 aromatic heterocycles. The van der Waals surface area contributed by atoms with E-state index < -0.39 is 0 Å². The number of rotatable bonds is 6. The Labute approximate surface area is 110 Å². The summed E-state index contributed by atoms with van der Waals surface area (Å²) in [6.07, 6.45) is 1.24. The highest BCUT2D eigenvalue weighted by Crippen LogP contribution is 2.21. The highest BCUT2D eigenvalue weighted by Gasteiger charge is 2.08. The second kappa shape index (κ2) is 6.29. The molecule has 0 aliphatic carbocycles. The van der Waals surface area contributed by atoms with Crippen LogP contribution in [0.1, 0.15) is 24.2 Å². The van der Waals surface area contributed by atoms with E-state index in [0.717, 1.165) is 5.56 Å². The third-order valence-electron chi connectivity index (χ3n) is 2.61. The van der Waals surface area contributed by atoms with Gasteiger partial charge in [0.15, 0.2) is 6.61 Å². The molecule has 0 saturated heterocycles. The van der Waals surface area contributed by atoms with Gasteiger partial charge in [0.05, 0.1) is 0 Å². The SMILES string of the molecule is CCc1nc(COc2ccc(F)cc2CCN)no1. The number of nitrogens with zero attached hydrogens (tertiary/aromatic N) is 2. The lowest BCUT2D eigenvalue weighted by Gasteiger charge is -2.09. The molecule has 0 aliphatic rings. The smallest absolute Gasteiger partial charge is 0.226 e. The van der Waals surface area contributed by atoms with Crippen LogP contribution in [0.3, 0.4) is 0 Å². The first-order valence-electron chi connectivity index (χ1n) is 6.15. The molecule has 0 unspecified atom stereocenters. The highest BCUT2D eigenvalue weighted by molar-refractivity contribution is 5.34. The van der Waals surface area contributed by atoms with Gasteiger partial charge >= 0.3 is 0 Å². The van der Waals surface area contributed by atoms with E-state index in [1.54, 1.807) is 6.07 Å². The van der Waals surface area contributed by atoms with Crippen molar-refractivity contribution in [1.82, 2.24) is 10.1 Å². The lowest BCUT2D eigenvalue weighted by atomic mass is 10.1. The Morgan fingerprint density at radius 1 is 1.42 bits per heavy atom. The van der Waals surface area contributed by atoms with Gasteiger partial charge in [-0.3, -0.25) is 0 Å². The molecule has 6 heteroatoms. The van der Waals surface area contributed by atoms with E-state index in [1.807, 2.05) is 6.92 Å². The van der Waals surface area contributed by atoms with Crippen LogP contribution in [-0.2, 0) is 19.4 Å². The molecule has 1 aromatic carbocycles. The van der Waals surface area contributed by atoms with Gasteiger partial charge in [-0.1, -0.05) is 12.1 Å². The fraction of sp³-hybridized carbons (Fsp3) is 0.385. The number of aromatic nitrogens is 2. The molecule has 5 nitrogen and oxygen atoms in total. The van der Waals surface area contributed by atoms with E-state index >= 15 is 0 Å². The van der Waals surface area contributed by atoms with Crippen molar-refractivity contribution in [2.75, 3.05) is 6.54 Å². The maximum Gasteiger partial charge on any atom is 0.226 e. The van der Waals surface area contributed by atoms with Gasteiger partial charge in [0.2, 0.25) is 11.7 Å². The molecule has 2 rings (SSSR count). The van der Waals surface area contributed by atoms with Crippen LogP contribution in [0.15, 0.2) is 22.7 Å². The number of aryl methyl sites for hydroxylation is 1. The number of hydrogen-bond donors (Lipinski definition) is 1. The van der Waals surface area contributed by atoms with Gasteiger partial charge in [0.25, 0.3) is 0 Å². The summed E-state index contributed by atoms with van der Waals surface area (Å²) in [5.41, 5.74) is 6.23. The van der Waals surface area contributed by atoms with Crippen LogP contribution in [0.5, 0.6) is 5.75 Å². The minimum Gasteiger partial charge on any atom is -0.485 e. The molecule has 2 N–H and O–H groups in total. The zero-order valence-electron chi connectivity index (χ0n) is 10.7. The summed E-state index contributed by atoms with van der Waals surface area (Å²) in [6, 6.07) is 4.36. The number of halogens is 1. The summed E-state index contributed by atoms with van der Waals surface area (Å²) in [4.78, 5) is 4.14. The molecule has 0 fully saturated rings. The third-order valence-corrected chi connectivity index (χ3v) is 2.61. The Hall–Kier alpha value is -1.95. The molecule has 0 saturated carbocycles. The summed E-state index contributed by atoms with van der Waals surface area (Å²) in [7, 11) is 0. The van der Waals surface area contributed by atoms with Gasteiger partial charge in [-0.05, 0) is 36.7 Å². The lowest BCUT2D eigenvalue weighted by molar-refractivity contribution is 0.282. The maximum absolute atomic E-state index is 13.1. The zero-order valence-corrected chi connectivity index (χ0v) is 10.7. The van der Waals surface area contributed by atoms with Crippen LogP contribution in [-0.4, -0.2) is 16.7 Å². The van der Waals surface area contributed by atoms with Crippen LogP contribution in [0.25, 0.3) is 0 Å². The van der Waals surface area contributed by atoms with Crippen molar-refractivity contribution in [3.05, 3.63) is 41.3 Å². The topological polar surface area (TPSA) is 74.2 Å². The minimum atomic E-state index is -0.302. The van der Waals surface area contributed by atoms with Crippen LogP contribution >= 0.6 is 0 Å². The van der Waals surface area contributed by atoms with Gasteiger partial charge < -0.3 is 15.0 Å². The molecule has 0 spiro atoms. The molecule has 102 valence electrons. The summed E-state index contributed by atoms with van der Waals surface area (Å²) < 4.78 is 23.7. The summed E-state index contributed by atoms with van der Waals surface area (Å²) >= 11 is 0. The normalized spacial score (nSPS) is 10.7. The molecule has 2 aromatic rings. The zero-order chi connectivity index (χ0) is 13.7. The van der Waals surface area contributed by atoms with Crippen molar-refractivity contribution in [3.8, 4) is 5.75 Å². The quantitative estimate of drug-likeness (QED) is 0.862. The maximum atomic E-state index is 13.1. The fourth-order valence-corrected chi connectivity index (χ4v) is 1.67. The largest absolute Gasteiger partial charge is 0.485 e. The molecular formula is C13H16FN3O2. The molecule has 0 amide bonds. The van der Waals surface area contributed by atoms with Crippen LogP contribution in [0, 0.1) is 5.82 Å². The van der Waals surface area contributed by atoms with Crippen molar-refractivity contribution < 1.29 is 13.7 Å². The summed E-state index contributed by atoms with van der Waals surface area (Å²) in [6.45, 7) is 2.55. The molecular weight excluding hydrogens is 249 g/mol. The number of hydrogen-bond acceptors (Lipinski definition) is 5. The highest BCUT2D eigenvalue weighted by atomic mass is 19.1. The van der Waals surface area contributed by atoms with Crippen LogP contribution < -0.4 is 10.5 Å². The van der Waals surface area contributed by atoms with E-state index in [1.165, 1.54) is 12.1 Å². The summed E-state index contributed by atoms with van der Waals surface area (Å²) in [5, 5.41) is 3.79. The molecule has 0 aliphatic heterocycles. The van der Waals surface area contributed by atoms with Crippen molar-refractivity contribution >= 4 is 0 Å². The number of benzene rings is 1. The molecule has 0 bridgehead atoms. The van der Waals surface area contributed by atoms with E-state index in [2.05, 4.69) is 10.1 Å². The Balaban J connectivity index is 2.05. The first-order chi connectivity index (χ1) is 9.22. The second-order valence-electron chi connectivity index (χ2n) is 4.04.